The van der Waals surface area contributed by atoms with Gasteiger partial charge in [-0.1, -0.05) is 6.92 Å². The maximum atomic E-state index is 12.4. The first-order chi connectivity index (χ1) is 9.72. The van der Waals surface area contributed by atoms with E-state index in [9.17, 15) is 4.79 Å². The number of hydrogen-bond donors (Lipinski definition) is 0. The van der Waals surface area contributed by atoms with Crippen LogP contribution in [-0.2, 0) is 11.2 Å². The zero-order chi connectivity index (χ0) is 14.0. The normalized spacial score (nSPS) is 21.6. The van der Waals surface area contributed by atoms with Crippen molar-refractivity contribution in [3.63, 3.8) is 0 Å². The van der Waals surface area contributed by atoms with Crippen molar-refractivity contribution in [2.45, 2.75) is 51.0 Å². The summed E-state index contributed by atoms with van der Waals surface area (Å²) in [6, 6.07) is 0. The highest BCUT2D eigenvalue weighted by molar-refractivity contribution is 7.09. The zero-order valence-electron chi connectivity index (χ0n) is 12.1. The molecule has 3 rings (SSSR count). The van der Waals surface area contributed by atoms with E-state index in [4.69, 9.17) is 4.74 Å². The summed E-state index contributed by atoms with van der Waals surface area (Å²) in [6.07, 6.45) is 6.32. The van der Waals surface area contributed by atoms with Crippen LogP contribution in [0.1, 0.15) is 54.5 Å². The van der Waals surface area contributed by atoms with Crippen molar-refractivity contribution >= 4 is 17.2 Å². The summed E-state index contributed by atoms with van der Waals surface area (Å²) in [4.78, 5) is 18.9. The molecular formula is C15H22N2O2S. The van der Waals surface area contributed by atoms with Gasteiger partial charge >= 0.3 is 0 Å². The second kappa shape index (κ2) is 5.82. The standard InChI is InChI=1S/C15H22N2O2S/c1-2-4-13-16-12(11-20-13)14(18)17-8-6-15(7-9-17)5-3-10-19-15/h11H,2-10H2,1H3. The predicted octanol–water partition coefficient (Wildman–Crippen LogP) is 2.88. The Labute approximate surface area is 124 Å². The van der Waals surface area contributed by atoms with Crippen molar-refractivity contribution in [2.75, 3.05) is 19.7 Å². The monoisotopic (exact) mass is 294 g/mol. The summed E-state index contributed by atoms with van der Waals surface area (Å²) in [5.41, 5.74) is 0.702. The van der Waals surface area contributed by atoms with Crippen molar-refractivity contribution in [3.8, 4) is 0 Å². The molecule has 1 aromatic rings. The van der Waals surface area contributed by atoms with Gasteiger partial charge < -0.3 is 9.64 Å². The van der Waals surface area contributed by atoms with E-state index in [0.717, 1.165) is 56.8 Å². The molecule has 0 N–H and O–H groups in total. The zero-order valence-corrected chi connectivity index (χ0v) is 12.9. The van der Waals surface area contributed by atoms with Crippen LogP contribution in [0.5, 0.6) is 0 Å². The van der Waals surface area contributed by atoms with Crippen molar-refractivity contribution in [2.24, 2.45) is 0 Å². The first-order valence-corrected chi connectivity index (χ1v) is 8.48. The molecule has 0 aromatic carbocycles. The molecule has 4 nitrogen and oxygen atoms in total. The molecule has 5 heteroatoms. The highest BCUT2D eigenvalue weighted by atomic mass is 32.1. The average molecular weight is 294 g/mol. The molecule has 1 amide bonds. The highest BCUT2D eigenvalue weighted by Gasteiger charge is 2.39. The Morgan fingerprint density at radius 3 is 2.90 bits per heavy atom. The van der Waals surface area contributed by atoms with E-state index in [2.05, 4.69) is 11.9 Å². The number of amides is 1. The first kappa shape index (κ1) is 14.0. The van der Waals surface area contributed by atoms with Crippen LogP contribution in [0.3, 0.4) is 0 Å². The number of nitrogens with zero attached hydrogens (tertiary/aromatic N) is 2. The van der Waals surface area contributed by atoms with Gasteiger partial charge in [0, 0.05) is 25.1 Å². The van der Waals surface area contributed by atoms with Gasteiger partial charge in [-0.3, -0.25) is 4.79 Å². The third-order valence-corrected chi connectivity index (χ3v) is 5.29. The summed E-state index contributed by atoms with van der Waals surface area (Å²) in [5, 5.41) is 2.98. The van der Waals surface area contributed by atoms with Gasteiger partial charge in [0.15, 0.2) is 0 Å². The Morgan fingerprint density at radius 2 is 2.25 bits per heavy atom. The fraction of sp³-hybridized carbons (Fsp3) is 0.733. The summed E-state index contributed by atoms with van der Waals surface area (Å²) in [7, 11) is 0. The number of hydrogen-bond acceptors (Lipinski definition) is 4. The quantitative estimate of drug-likeness (QED) is 0.861. The molecule has 1 spiro atoms. The largest absolute Gasteiger partial charge is 0.375 e. The lowest BCUT2D eigenvalue weighted by Gasteiger charge is -2.38. The van der Waals surface area contributed by atoms with E-state index in [1.165, 1.54) is 6.42 Å². The molecule has 0 radical (unpaired) electrons. The smallest absolute Gasteiger partial charge is 0.273 e. The average Bonchev–Trinajstić information content (AvgIpc) is 3.10. The predicted molar refractivity (Wildman–Crippen MR) is 79.2 cm³/mol. The number of carbonyl (C=O) groups excluding carboxylic acids is 1. The van der Waals surface area contributed by atoms with Crippen molar-refractivity contribution < 1.29 is 9.53 Å². The minimum absolute atomic E-state index is 0.0756. The number of carbonyl (C=O) groups is 1. The van der Waals surface area contributed by atoms with Crippen LogP contribution in [0.15, 0.2) is 5.38 Å². The van der Waals surface area contributed by atoms with Crippen molar-refractivity contribution in [1.29, 1.82) is 0 Å². The number of aromatic nitrogens is 1. The number of aryl methyl sites for hydroxylation is 1. The topological polar surface area (TPSA) is 42.4 Å². The Balaban J connectivity index is 1.60. The van der Waals surface area contributed by atoms with E-state index in [0.29, 0.717) is 5.69 Å². The molecule has 3 heterocycles. The Kier molecular flexibility index (Phi) is 4.08. The fourth-order valence-corrected chi connectivity index (χ4v) is 4.04. The lowest BCUT2D eigenvalue weighted by atomic mass is 9.88. The fourth-order valence-electron chi connectivity index (χ4n) is 3.17. The van der Waals surface area contributed by atoms with Gasteiger partial charge in [0.05, 0.1) is 10.6 Å². The van der Waals surface area contributed by atoms with E-state index in [1.54, 1.807) is 11.3 Å². The van der Waals surface area contributed by atoms with E-state index in [1.807, 2.05) is 10.3 Å². The Bertz CT molecular complexity index is 470. The van der Waals surface area contributed by atoms with Gasteiger partial charge in [-0.2, -0.15) is 0 Å². The van der Waals surface area contributed by atoms with Crippen LogP contribution in [0.4, 0.5) is 0 Å². The third-order valence-electron chi connectivity index (χ3n) is 4.38. The highest BCUT2D eigenvalue weighted by Crippen LogP contribution is 2.35. The molecule has 1 aromatic heterocycles. The lowest BCUT2D eigenvalue weighted by molar-refractivity contribution is -0.0388. The molecule has 2 saturated heterocycles. The second-order valence-electron chi connectivity index (χ2n) is 5.80. The van der Waals surface area contributed by atoms with Crippen LogP contribution < -0.4 is 0 Å². The number of rotatable bonds is 3. The molecule has 2 aliphatic rings. The maximum Gasteiger partial charge on any atom is 0.273 e. The van der Waals surface area contributed by atoms with Gasteiger partial charge in [-0.15, -0.1) is 11.3 Å². The van der Waals surface area contributed by atoms with Crippen LogP contribution in [-0.4, -0.2) is 41.1 Å². The summed E-state index contributed by atoms with van der Waals surface area (Å²) in [5.74, 6) is 0.0939. The summed E-state index contributed by atoms with van der Waals surface area (Å²) >= 11 is 1.60. The minimum atomic E-state index is 0.0756. The van der Waals surface area contributed by atoms with E-state index < -0.39 is 0 Å². The molecule has 0 bridgehead atoms. The second-order valence-corrected chi connectivity index (χ2v) is 6.75. The molecular weight excluding hydrogens is 272 g/mol. The van der Waals surface area contributed by atoms with Crippen LogP contribution in [0.25, 0.3) is 0 Å². The molecule has 2 aliphatic heterocycles. The van der Waals surface area contributed by atoms with E-state index in [-0.39, 0.29) is 11.5 Å². The number of ether oxygens (including phenoxy) is 1. The van der Waals surface area contributed by atoms with Crippen molar-refractivity contribution in [1.82, 2.24) is 9.88 Å². The van der Waals surface area contributed by atoms with Gasteiger partial charge in [-0.05, 0) is 38.5 Å². The van der Waals surface area contributed by atoms with Crippen molar-refractivity contribution in [3.05, 3.63) is 16.1 Å². The summed E-state index contributed by atoms with van der Waals surface area (Å²) < 4.78 is 5.90. The number of likely N-dealkylation sites (tertiary alicyclic amines) is 1. The molecule has 0 unspecified atom stereocenters. The van der Waals surface area contributed by atoms with Crippen LogP contribution in [0.2, 0.25) is 0 Å². The molecule has 0 aliphatic carbocycles. The summed E-state index contributed by atoms with van der Waals surface area (Å²) in [6.45, 7) is 4.63. The van der Waals surface area contributed by atoms with Gasteiger partial charge in [0.2, 0.25) is 0 Å². The minimum Gasteiger partial charge on any atom is -0.375 e. The Morgan fingerprint density at radius 1 is 1.45 bits per heavy atom. The molecule has 20 heavy (non-hydrogen) atoms. The molecule has 0 atom stereocenters. The molecule has 110 valence electrons. The number of piperidine rings is 1. The van der Waals surface area contributed by atoms with Crippen LogP contribution in [0, 0.1) is 0 Å². The van der Waals surface area contributed by atoms with Gasteiger partial charge in [0.25, 0.3) is 5.91 Å². The lowest BCUT2D eigenvalue weighted by Crippen LogP contribution is -2.46. The Hall–Kier alpha value is -0.940. The van der Waals surface area contributed by atoms with Crippen LogP contribution >= 0.6 is 11.3 Å². The molecule has 2 fully saturated rings. The first-order valence-electron chi connectivity index (χ1n) is 7.60. The van der Waals surface area contributed by atoms with E-state index >= 15 is 0 Å². The number of thiazole rings is 1. The van der Waals surface area contributed by atoms with Gasteiger partial charge in [0.1, 0.15) is 5.69 Å². The SMILES string of the molecule is CCCc1nc(C(=O)N2CCC3(CCCO3)CC2)cs1. The maximum absolute atomic E-state index is 12.4. The third kappa shape index (κ3) is 2.74. The van der Waals surface area contributed by atoms with Gasteiger partial charge in [-0.25, -0.2) is 4.98 Å². The molecule has 0 saturated carbocycles.